The molecule has 1 aromatic carbocycles. The molecule has 2 aliphatic heterocycles. The van der Waals surface area contributed by atoms with Crippen LogP contribution in [0.3, 0.4) is 0 Å². The number of nitrogens with zero attached hydrogens (tertiary/aromatic N) is 2. The molecule has 4 rings (SSSR count). The first-order valence-corrected chi connectivity index (χ1v) is 10.4. The number of rotatable bonds is 6. The van der Waals surface area contributed by atoms with Gasteiger partial charge in [-0.05, 0) is 36.5 Å². The highest BCUT2D eigenvalue weighted by atomic mass is 16.5. The van der Waals surface area contributed by atoms with Gasteiger partial charge in [0.1, 0.15) is 6.61 Å². The van der Waals surface area contributed by atoms with Crippen LogP contribution in [0.15, 0.2) is 47.4 Å². The second-order valence-corrected chi connectivity index (χ2v) is 8.16. The van der Waals surface area contributed by atoms with Crippen molar-refractivity contribution in [3.8, 4) is 0 Å². The predicted molar refractivity (Wildman–Crippen MR) is 111 cm³/mol. The largest absolute Gasteiger partial charge is 0.372 e. The van der Waals surface area contributed by atoms with E-state index in [0.717, 1.165) is 31.7 Å². The average Bonchev–Trinajstić information content (AvgIpc) is 3.26. The second kappa shape index (κ2) is 8.51. The lowest BCUT2D eigenvalue weighted by Crippen LogP contribution is -2.38. The molecular formula is C23H29N3O3. The highest BCUT2D eigenvalue weighted by Gasteiger charge is 2.49. The van der Waals surface area contributed by atoms with Gasteiger partial charge in [-0.2, -0.15) is 0 Å². The number of aryl methyl sites for hydroxylation is 1. The highest BCUT2D eigenvalue weighted by Crippen LogP contribution is 2.46. The molecule has 2 saturated heterocycles. The van der Waals surface area contributed by atoms with E-state index >= 15 is 0 Å². The van der Waals surface area contributed by atoms with Crippen molar-refractivity contribution in [3.63, 3.8) is 0 Å². The van der Waals surface area contributed by atoms with Crippen LogP contribution in [0.5, 0.6) is 0 Å². The smallest absolute Gasteiger partial charge is 0.249 e. The topological polar surface area (TPSA) is 65.6 Å². The summed E-state index contributed by atoms with van der Waals surface area (Å²) in [7, 11) is 0. The van der Waals surface area contributed by atoms with Gasteiger partial charge >= 0.3 is 0 Å². The number of hydrogen-bond acceptors (Lipinski definition) is 4. The molecule has 6 heteroatoms. The zero-order valence-corrected chi connectivity index (χ0v) is 17.1. The molecule has 0 bridgehead atoms. The summed E-state index contributed by atoms with van der Waals surface area (Å²) in [6.45, 7) is 8.24. The summed E-state index contributed by atoms with van der Waals surface area (Å²) in [5.74, 6) is 0.944. The Morgan fingerprint density at radius 2 is 2.00 bits per heavy atom. The molecule has 1 amide bonds. The third kappa shape index (κ3) is 4.14. The van der Waals surface area contributed by atoms with E-state index in [-0.39, 0.29) is 24.1 Å². The van der Waals surface area contributed by atoms with Crippen molar-refractivity contribution in [3.05, 3.63) is 69.6 Å². The fourth-order valence-corrected chi connectivity index (χ4v) is 4.91. The number of aromatic nitrogens is 1. The van der Waals surface area contributed by atoms with Crippen LogP contribution in [0.1, 0.15) is 29.7 Å². The summed E-state index contributed by atoms with van der Waals surface area (Å²) in [6, 6.07) is 12.0. The van der Waals surface area contributed by atoms with Crippen molar-refractivity contribution < 1.29 is 9.53 Å². The number of fused-ring (bicyclic) bond motifs is 1. The number of aromatic amines is 1. The second-order valence-electron chi connectivity index (χ2n) is 8.16. The quantitative estimate of drug-likeness (QED) is 0.816. The summed E-state index contributed by atoms with van der Waals surface area (Å²) in [6.07, 6.45) is 1.80. The molecule has 3 heterocycles. The Labute approximate surface area is 171 Å². The van der Waals surface area contributed by atoms with Crippen molar-refractivity contribution in [2.24, 2.45) is 11.8 Å². The molecular weight excluding hydrogens is 366 g/mol. The lowest BCUT2D eigenvalue weighted by molar-refractivity contribution is -0.137. The summed E-state index contributed by atoms with van der Waals surface area (Å²) < 4.78 is 5.42. The molecule has 3 atom stereocenters. The Kier molecular flexibility index (Phi) is 5.83. The highest BCUT2D eigenvalue weighted by molar-refractivity contribution is 5.78. The summed E-state index contributed by atoms with van der Waals surface area (Å²) >= 11 is 0. The SMILES string of the molecule is CCOCC(=O)N1C[C@@H]2CN(Cc3ccc(=O)[nH]c3)C[C@@H]2[C@H]1c1ccccc1C. The lowest BCUT2D eigenvalue weighted by Gasteiger charge is -2.31. The van der Waals surface area contributed by atoms with Gasteiger partial charge < -0.3 is 14.6 Å². The van der Waals surface area contributed by atoms with E-state index in [2.05, 4.69) is 41.1 Å². The Hall–Kier alpha value is -2.44. The van der Waals surface area contributed by atoms with Crippen LogP contribution >= 0.6 is 0 Å². The van der Waals surface area contributed by atoms with Crippen LogP contribution in [-0.4, -0.2) is 53.5 Å². The number of carbonyl (C=O) groups is 1. The maximum absolute atomic E-state index is 12.9. The summed E-state index contributed by atoms with van der Waals surface area (Å²) in [5, 5.41) is 0. The number of benzene rings is 1. The minimum atomic E-state index is -0.0740. The number of ether oxygens (including phenoxy) is 1. The predicted octanol–water partition coefficient (Wildman–Crippen LogP) is 2.35. The van der Waals surface area contributed by atoms with Crippen LogP contribution in [-0.2, 0) is 16.1 Å². The standard InChI is InChI=1S/C23H29N3O3/c1-3-29-15-22(28)26-13-18-12-25(11-17-8-9-21(27)24-10-17)14-20(18)23(26)19-7-5-4-6-16(19)2/h4-10,18,20,23H,3,11-15H2,1-2H3,(H,24,27)/t18-,20-,23+/m0/s1. The van der Waals surface area contributed by atoms with Crippen molar-refractivity contribution in [1.29, 1.82) is 0 Å². The van der Waals surface area contributed by atoms with Crippen molar-refractivity contribution in [1.82, 2.24) is 14.8 Å². The van der Waals surface area contributed by atoms with Gasteiger partial charge in [-0.1, -0.05) is 30.3 Å². The number of hydrogen-bond donors (Lipinski definition) is 1. The zero-order valence-electron chi connectivity index (χ0n) is 17.1. The summed E-state index contributed by atoms with van der Waals surface area (Å²) in [5.41, 5.74) is 3.51. The maximum Gasteiger partial charge on any atom is 0.249 e. The number of H-pyrrole nitrogens is 1. The van der Waals surface area contributed by atoms with Crippen LogP contribution in [0, 0.1) is 18.8 Å². The van der Waals surface area contributed by atoms with E-state index in [4.69, 9.17) is 4.74 Å². The Bertz CT molecular complexity index is 905. The van der Waals surface area contributed by atoms with Gasteiger partial charge in [0, 0.05) is 51.0 Å². The first-order chi connectivity index (χ1) is 14.1. The van der Waals surface area contributed by atoms with Gasteiger partial charge in [0.05, 0.1) is 6.04 Å². The molecule has 0 saturated carbocycles. The maximum atomic E-state index is 12.9. The third-order valence-corrected chi connectivity index (χ3v) is 6.25. The zero-order chi connectivity index (χ0) is 20.4. The van der Waals surface area contributed by atoms with Gasteiger partial charge in [-0.15, -0.1) is 0 Å². The summed E-state index contributed by atoms with van der Waals surface area (Å²) in [4.78, 5) is 31.4. The Balaban J connectivity index is 1.55. The fourth-order valence-electron chi connectivity index (χ4n) is 4.91. The van der Waals surface area contributed by atoms with Gasteiger partial charge in [0.2, 0.25) is 11.5 Å². The van der Waals surface area contributed by atoms with E-state index in [1.807, 2.05) is 17.9 Å². The average molecular weight is 396 g/mol. The van der Waals surface area contributed by atoms with Crippen LogP contribution < -0.4 is 5.56 Å². The van der Waals surface area contributed by atoms with Crippen LogP contribution in [0.25, 0.3) is 0 Å². The normalized spacial score (nSPS) is 24.1. The molecule has 1 N–H and O–H groups in total. The first-order valence-electron chi connectivity index (χ1n) is 10.4. The molecule has 0 radical (unpaired) electrons. The molecule has 2 aromatic rings. The minimum Gasteiger partial charge on any atom is -0.372 e. The Morgan fingerprint density at radius 3 is 2.72 bits per heavy atom. The van der Waals surface area contributed by atoms with Gasteiger partial charge in [0.25, 0.3) is 0 Å². The molecule has 2 fully saturated rings. The van der Waals surface area contributed by atoms with Crippen LogP contribution in [0.4, 0.5) is 0 Å². The van der Waals surface area contributed by atoms with Crippen LogP contribution in [0.2, 0.25) is 0 Å². The van der Waals surface area contributed by atoms with E-state index < -0.39 is 0 Å². The first kappa shape index (κ1) is 19.9. The molecule has 0 spiro atoms. The van der Waals surface area contributed by atoms with E-state index in [9.17, 15) is 9.59 Å². The minimum absolute atomic E-state index is 0.0740. The van der Waals surface area contributed by atoms with Crippen molar-refractivity contribution in [2.75, 3.05) is 32.8 Å². The van der Waals surface area contributed by atoms with Crippen molar-refractivity contribution >= 4 is 5.91 Å². The molecule has 0 aliphatic carbocycles. The monoisotopic (exact) mass is 395 g/mol. The van der Waals surface area contributed by atoms with E-state index in [1.54, 1.807) is 12.3 Å². The molecule has 154 valence electrons. The van der Waals surface area contributed by atoms with Gasteiger partial charge in [0.15, 0.2) is 0 Å². The molecule has 29 heavy (non-hydrogen) atoms. The third-order valence-electron chi connectivity index (χ3n) is 6.25. The lowest BCUT2D eigenvalue weighted by atomic mass is 9.87. The number of likely N-dealkylation sites (tertiary alicyclic amines) is 2. The number of pyridine rings is 1. The van der Waals surface area contributed by atoms with E-state index in [1.165, 1.54) is 11.1 Å². The molecule has 2 aliphatic rings. The molecule has 1 aromatic heterocycles. The number of carbonyl (C=O) groups excluding carboxylic acids is 1. The molecule has 0 unspecified atom stereocenters. The Morgan fingerprint density at radius 1 is 1.17 bits per heavy atom. The van der Waals surface area contributed by atoms with E-state index in [0.29, 0.717) is 18.4 Å². The number of nitrogens with one attached hydrogen (secondary N) is 1. The fraction of sp³-hybridized carbons (Fsp3) is 0.478. The van der Waals surface area contributed by atoms with Crippen molar-refractivity contribution in [2.45, 2.75) is 26.4 Å². The van der Waals surface area contributed by atoms with Gasteiger partial charge in [-0.3, -0.25) is 14.5 Å². The van der Waals surface area contributed by atoms with Gasteiger partial charge in [-0.25, -0.2) is 0 Å². The number of amides is 1. The molecule has 6 nitrogen and oxygen atoms in total.